The summed E-state index contributed by atoms with van der Waals surface area (Å²) < 4.78 is 10.6. The number of hydrogen-bond acceptors (Lipinski definition) is 3. The third-order valence-electron chi connectivity index (χ3n) is 7.25. The van der Waals surface area contributed by atoms with Crippen LogP contribution in [0.1, 0.15) is 51.0 Å². The normalized spacial score (nSPS) is 32.0. The molecule has 1 atom stereocenters. The quantitative estimate of drug-likeness (QED) is 0.790. The summed E-state index contributed by atoms with van der Waals surface area (Å²) in [6.07, 6.45) is 8.19. The molecule has 1 aromatic carbocycles. The Balaban J connectivity index is 1.33. The lowest BCUT2D eigenvalue weighted by Crippen LogP contribution is -2.57. The van der Waals surface area contributed by atoms with Crippen molar-refractivity contribution in [2.75, 3.05) is 14.2 Å². The minimum Gasteiger partial charge on any atom is -0.493 e. The van der Waals surface area contributed by atoms with E-state index < -0.39 is 0 Å². The molecule has 148 valence electrons. The Bertz CT molecular complexity index is 668. The van der Waals surface area contributed by atoms with E-state index in [1.807, 2.05) is 18.2 Å². The van der Waals surface area contributed by atoms with E-state index in [9.17, 15) is 4.79 Å². The van der Waals surface area contributed by atoms with Gasteiger partial charge in [-0.25, -0.2) is 4.79 Å². The third kappa shape index (κ3) is 3.61. The van der Waals surface area contributed by atoms with Gasteiger partial charge in [0.15, 0.2) is 11.5 Å². The predicted molar refractivity (Wildman–Crippen MR) is 105 cm³/mol. The summed E-state index contributed by atoms with van der Waals surface area (Å²) in [4.78, 5) is 12.5. The number of urea groups is 1. The van der Waals surface area contributed by atoms with Crippen LogP contribution in [0.4, 0.5) is 4.79 Å². The first-order valence-corrected chi connectivity index (χ1v) is 10.3. The maximum absolute atomic E-state index is 12.5. The first kappa shape index (κ1) is 18.5. The maximum Gasteiger partial charge on any atom is 0.315 e. The first-order valence-electron chi connectivity index (χ1n) is 10.3. The van der Waals surface area contributed by atoms with Gasteiger partial charge in [0.2, 0.25) is 0 Å². The van der Waals surface area contributed by atoms with E-state index in [-0.39, 0.29) is 12.1 Å². The fraction of sp³-hybridized carbons (Fsp3) is 0.682. The van der Waals surface area contributed by atoms with Gasteiger partial charge in [-0.05, 0) is 86.3 Å². The molecule has 0 saturated heterocycles. The van der Waals surface area contributed by atoms with Crippen molar-refractivity contribution in [2.45, 2.75) is 58.0 Å². The van der Waals surface area contributed by atoms with Crippen LogP contribution in [0.15, 0.2) is 18.2 Å². The summed E-state index contributed by atoms with van der Waals surface area (Å²) in [6, 6.07) is 5.88. The van der Waals surface area contributed by atoms with Crippen molar-refractivity contribution in [1.82, 2.24) is 10.6 Å². The number of amides is 2. The Morgan fingerprint density at radius 3 is 2.22 bits per heavy atom. The summed E-state index contributed by atoms with van der Waals surface area (Å²) in [6.45, 7) is 2.68. The standard InChI is InChI=1S/C22H32N2O3/c1-14(22-10-16-6-17(11-22)8-18(7-16)12-22)24-21(25)23-13-15-4-5-19(26-2)20(9-15)27-3/h4-5,9,14,16-18H,6-8,10-13H2,1-3H3,(H2,23,24,25). The van der Waals surface area contributed by atoms with Crippen LogP contribution in [-0.4, -0.2) is 26.3 Å². The van der Waals surface area contributed by atoms with Crippen LogP contribution in [0.2, 0.25) is 0 Å². The molecule has 5 nitrogen and oxygen atoms in total. The van der Waals surface area contributed by atoms with Gasteiger partial charge in [0.1, 0.15) is 0 Å². The Labute approximate surface area is 162 Å². The van der Waals surface area contributed by atoms with Gasteiger partial charge in [-0.15, -0.1) is 0 Å². The highest BCUT2D eigenvalue weighted by Crippen LogP contribution is 2.61. The molecule has 2 N–H and O–H groups in total. The van der Waals surface area contributed by atoms with Crippen molar-refractivity contribution in [3.63, 3.8) is 0 Å². The van der Waals surface area contributed by atoms with Gasteiger partial charge in [0, 0.05) is 12.6 Å². The Kier molecular flexibility index (Phi) is 4.95. The number of nitrogens with one attached hydrogen (secondary N) is 2. The second-order valence-corrected chi connectivity index (χ2v) is 9.02. The van der Waals surface area contributed by atoms with Crippen molar-refractivity contribution in [3.8, 4) is 11.5 Å². The van der Waals surface area contributed by atoms with E-state index >= 15 is 0 Å². The van der Waals surface area contributed by atoms with Gasteiger partial charge in [0.05, 0.1) is 14.2 Å². The largest absolute Gasteiger partial charge is 0.493 e. The molecule has 5 rings (SSSR count). The minimum absolute atomic E-state index is 0.0759. The van der Waals surface area contributed by atoms with E-state index in [0.717, 1.165) is 23.3 Å². The summed E-state index contributed by atoms with van der Waals surface area (Å²) in [5.74, 6) is 4.07. The van der Waals surface area contributed by atoms with E-state index in [4.69, 9.17) is 9.47 Å². The lowest BCUT2D eigenvalue weighted by molar-refractivity contribution is -0.0682. The monoisotopic (exact) mass is 372 g/mol. The van der Waals surface area contributed by atoms with Gasteiger partial charge in [-0.2, -0.15) is 0 Å². The highest BCUT2D eigenvalue weighted by molar-refractivity contribution is 5.74. The molecule has 4 bridgehead atoms. The zero-order chi connectivity index (χ0) is 19.0. The fourth-order valence-corrected chi connectivity index (χ4v) is 6.28. The molecule has 27 heavy (non-hydrogen) atoms. The third-order valence-corrected chi connectivity index (χ3v) is 7.25. The van der Waals surface area contributed by atoms with Crippen LogP contribution in [0.3, 0.4) is 0 Å². The highest BCUT2D eigenvalue weighted by Gasteiger charge is 2.53. The fourth-order valence-electron chi connectivity index (χ4n) is 6.28. The Morgan fingerprint density at radius 2 is 1.67 bits per heavy atom. The smallest absolute Gasteiger partial charge is 0.315 e. The summed E-state index contributed by atoms with van der Waals surface area (Å²) >= 11 is 0. The summed E-state index contributed by atoms with van der Waals surface area (Å²) in [5.41, 5.74) is 1.32. The van der Waals surface area contributed by atoms with Crippen LogP contribution in [-0.2, 0) is 6.54 Å². The highest BCUT2D eigenvalue weighted by atomic mass is 16.5. The Morgan fingerprint density at radius 1 is 1.07 bits per heavy atom. The average Bonchev–Trinajstić information content (AvgIpc) is 2.65. The summed E-state index contributed by atoms with van der Waals surface area (Å²) in [7, 11) is 3.24. The van der Waals surface area contributed by atoms with E-state index in [1.165, 1.54) is 38.5 Å². The van der Waals surface area contributed by atoms with Crippen molar-refractivity contribution in [3.05, 3.63) is 23.8 Å². The van der Waals surface area contributed by atoms with Gasteiger partial charge in [-0.3, -0.25) is 0 Å². The predicted octanol–water partition coefficient (Wildman–Crippen LogP) is 4.11. The zero-order valence-electron chi connectivity index (χ0n) is 16.7. The van der Waals surface area contributed by atoms with E-state index in [0.29, 0.717) is 23.5 Å². The lowest BCUT2D eigenvalue weighted by atomic mass is 9.48. The van der Waals surface area contributed by atoms with E-state index in [2.05, 4.69) is 17.6 Å². The molecule has 1 aromatic rings. The van der Waals surface area contributed by atoms with Crippen LogP contribution >= 0.6 is 0 Å². The molecular weight excluding hydrogens is 340 g/mol. The lowest BCUT2D eigenvalue weighted by Gasteiger charge is -2.59. The van der Waals surface area contributed by atoms with Gasteiger partial charge < -0.3 is 20.1 Å². The van der Waals surface area contributed by atoms with Crippen LogP contribution < -0.4 is 20.1 Å². The molecule has 0 aromatic heterocycles. The molecule has 4 saturated carbocycles. The molecule has 4 fully saturated rings. The second kappa shape index (κ2) is 7.25. The van der Waals surface area contributed by atoms with Gasteiger partial charge >= 0.3 is 6.03 Å². The summed E-state index contributed by atoms with van der Waals surface area (Å²) in [5, 5.41) is 6.26. The molecule has 0 heterocycles. The molecule has 4 aliphatic rings. The van der Waals surface area contributed by atoms with Crippen molar-refractivity contribution in [1.29, 1.82) is 0 Å². The number of rotatable bonds is 6. The van der Waals surface area contributed by atoms with Crippen LogP contribution in [0.25, 0.3) is 0 Å². The molecule has 1 unspecified atom stereocenters. The molecule has 5 heteroatoms. The van der Waals surface area contributed by atoms with Crippen molar-refractivity contribution < 1.29 is 14.3 Å². The molecule has 0 spiro atoms. The number of methoxy groups -OCH3 is 2. The number of benzene rings is 1. The second-order valence-electron chi connectivity index (χ2n) is 9.02. The van der Waals surface area contributed by atoms with Crippen LogP contribution in [0.5, 0.6) is 11.5 Å². The Hall–Kier alpha value is -1.91. The number of ether oxygens (including phenoxy) is 2. The molecular formula is C22H32N2O3. The van der Waals surface area contributed by atoms with Crippen molar-refractivity contribution in [2.24, 2.45) is 23.2 Å². The average molecular weight is 373 g/mol. The van der Waals surface area contributed by atoms with Crippen LogP contribution in [0, 0.1) is 23.2 Å². The van der Waals surface area contributed by atoms with Gasteiger partial charge in [-0.1, -0.05) is 6.07 Å². The molecule has 0 aliphatic heterocycles. The molecule has 2 amide bonds. The maximum atomic E-state index is 12.5. The first-order chi connectivity index (χ1) is 13.0. The SMILES string of the molecule is COc1ccc(CNC(=O)NC(C)C23CC4CC(CC(C4)C2)C3)cc1OC. The zero-order valence-corrected chi connectivity index (χ0v) is 16.7. The number of carbonyl (C=O) groups excluding carboxylic acids is 1. The molecule has 0 radical (unpaired) electrons. The molecule has 4 aliphatic carbocycles. The topological polar surface area (TPSA) is 59.6 Å². The van der Waals surface area contributed by atoms with Crippen molar-refractivity contribution >= 4 is 6.03 Å². The van der Waals surface area contributed by atoms with E-state index in [1.54, 1.807) is 14.2 Å². The number of hydrogen-bond donors (Lipinski definition) is 2. The van der Waals surface area contributed by atoms with Gasteiger partial charge in [0.25, 0.3) is 0 Å². The minimum atomic E-state index is -0.0759. The number of carbonyl (C=O) groups is 1.